The second-order valence-electron chi connectivity index (χ2n) is 12.5. The van der Waals surface area contributed by atoms with Gasteiger partial charge in [-0.05, 0) is 50.8 Å². The number of methoxy groups -OCH3 is 1. The van der Waals surface area contributed by atoms with E-state index in [1.807, 2.05) is 0 Å². The highest BCUT2D eigenvalue weighted by atomic mass is 16.6. The summed E-state index contributed by atoms with van der Waals surface area (Å²) in [6.45, 7) is 9.36. The lowest BCUT2D eigenvalue weighted by Gasteiger charge is -2.35. The van der Waals surface area contributed by atoms with Gasteiger partial charge in [0.05, 0.1) is 38.0 Å². The van der Waals surface area contributed by atoms with E-state index in [4.69, 9.17) is 9.47 Å². The predicted octanol–water partition coefficient (Wildman–Crippen LogP) is 1.35. The van der Waals surface area contributed by atoms with Crippen molar-refractivity contribution >= 4 is 41.2 Å². The fourth-order valence-electron chi connectivity index (χ4n) is 5.93. The van der Waals surface area contributed by atoms with E-state index in [1.165, 1.54) is 20.1 Å². The van der Waals surface area contributed by atoms with Crippen LogP contribution >= 0.6 is 0 Å². The zero-order valence-corrected chi connectivity index (χ0v) is 26.1. The van der Waals surface area contributed by atoms with Crippen LogP contribution in [0.1, 0.15) is 76.7 Å². The molecule has 0 aromatic heterocycles. The topological polar surface area (TPSA) is 194 Å². The van der Waals surface area contributed by atoms with Crippen molar-refractivity contribution in [1.82, 2.24) is 16.0 Å². The molecular formula is C31H41N3O10. The van der Waals surface area contributed by atoms with E-state index in [9.17, 15) is 38.7 Å². The number of benzene rings is 1. The summed E-state index contributed by atoms with van der Waals surface area (Å²) in [6.07, 6.45) is -0.267. The minimum absolute atomic E-state index is 0.201. The van der Waals surface area contributed by atoms with Crippen LogP contribution in [0.4, 0.5) is 0 Å². The minimum atomic E-state index is -1.52. The normalized spacial score (nSPS) is 22.9. The average Bonchev–Trinajstić information content (AvgIpc) is 3.23. The van der Waals surface area contributed by atoms with Gasteiger partial charge >= 0.3 is 11.9 Å². The molecule has 0 radical (unpaired) electrons. The van der Waals surface area contributed by atoms with Crippen LogP contribution in [0.25, 0.3) is 0 Å². The number of carboxylic acids is 1. The zero-order chi connectivity index (χ0) is 33.2. The number of ketones is 2. The highest BCUT2D eigenvalue weighted by Gasteiger charge is 2.75. The summed E-state index contributed by atoms with van der Waals surface area (Å²) in [5.74, 6) is -4.94. The molecule has 240 valence electrons. The van der Waals surface area contributed by atoms with Crippen LogP contribution in [0.15, 0.2) is 18.2 Å². The van der Waals surface area contributed by atoms with E-state index < -0.39 is 82.8 Å². The molecule has 2 fully saturated rings. The summed E-state index contributed by atoms with van der Waals surface area (Å²) in [5.41, 5.74) is -2.37. The molecule has 1 aliphatic carbocycles. The van der Waals surface area contributed by atoms with Crippen molar-refractivity contribution in [3.8, 4) is 5.75 Å². The molecule has 2 unspecified atom stereocenters. The zero-order valence-electron chi connectivity index (χ0n) is 26.1. The number of aliphatic carboxylic acids is 1. The third-order valence-corrected chi connectivity index (χ3v) is 9.26. The Morgan fingerprint density at radius 1 is 1.05 bits per heavy atom. The molecular weight excluding hydrogens is 574 g/mol. The van der Waals surface area contributed by atoms with E-state index >= 15 is 0 Å². The summed E-state index contributed by atoms with van der Waals surface area (Å²) < 4.78 is 10.8. The Hall–Kier alpha value is -4.29. The van der Waals surface area contributed by atoms with Gasteiger partial charge in [-0.1, -0.05) is 27.7 Å². The van der Waals surface area contributed by atoms with E-state index in [2.05, 4.69) is 16.0 Å². The van der Waals surface area contributed by atoms with Gasteiger partial charge in [0.25, 0.3) is 5.91 Å². The van der Waals surface area contributed by atoms with Crippen molar-refractivity contribution in [1.29, 1.82) is 0 Å². The summed E-state index contributed by atoms with van der Waals surface area (Å²) in [7, 11) is 1.42. The molecule has 1 aromatic rings. The van der Waals surface area contributed by atoms with E-state index in [0.717, 1.165) is 0 Å². The molecule has 3 amide bonds. The maximum atomic E-state index is 13.3. The molecule has 1 heterocycles. The Bertz CT molecular complexity index is 1390. The number of rotatable bonds is 14. The number of hydrogen-bond donors (Lipinski definition) is 4. The number of nitrogens with one attached hydrogen (secondary N) is 3. The van der Waals surface area contributed by atoms with Crippen molar-refractivity contribution in [2.45, 2.75) is 84.9 Å². The fraction of sp³-hybridized carbons (Fsp3) is 0.581. The maximum absolute atomic E-state index is 13.3. The number of carbonyl (C=O) groups is 7. The van der Waals surface area contributed by atoms with Gasteiger partial charge in [0.2, 0.25) is 11.8 Å². The Labute approximate surface area is 255 Å². The van der Waals surface area contributed by atoms with Crippen LogP contribution in [-0.2, 0) is 39.9 Å². The van der Waals surface area contributed by atoms with Gasteiger partial charge in [0, 0.05) is 16.5 Å². The van der Waals surface area contributed by atoms with Crippen LogP contribution in [0.2, 0.25) is 0 Å². The van der Waals surface area contributed by atoms with Gasteiger partial charge in [0.1, 0.15) is 11.8 Å². The maximum Gasteiger partial charge on any atom is 0.313 e. The van der Waals surface area contributed by atoms with Gasteiger partial charge in [-0.25, -0.2) is 0 Å². The molecule has 1 saturated heterocycles. The smallest absolute Gasteiger partial charge is 0.313 e. The molecule has 4 N–H and O–H groups in total. The number of esters is 1. The second kappa shape index (κ2) is 12.7. The lowest BCUT2D eigenvalue weighted by atomic mass is 9.66. The number of Topliss-reactive ketones (excluding diaryl/α,β-unsaturated/α-hetero) is 2. The van der Waals surface area contributed by atoms with Crippen molar-refractivity contribution in [2.75, 3.05) is 13.7 Å². The molecule has 2 bridgehead atoms. The standard InChI is InChI=1S/C31H41N3O10/c1-16(2)25(34-23(37)13-19-12-18(17(3)35)8-9-22(19)43-7)26(40)33-20(14-24(38)39)21(36)15-32-27(41)31-11-10-30(6,28(42)44-31)29(31,4)5/h8-9,12,16,20,25H,10-11,13-15H2,1-7H3,(H,32,41)(H,33,40)(H,34,37)(H,38,39)/t20-,25-,30?,31?/m0/s1. The van der Waals surface area contributed by atoms with Gasteiger partial charge < -0.3 is 30.5 Å². The predicted molar refractivity (Wildman–Crippen MR) is 156 cm³/mol. The average molecular weight is 616 g/mol. The van der Waals surface area contributed by atoms with Crippen LogP contribution < -0.4 is 20.7 Å². The lowest BCUT2D eigenvalue weighted by molar-refractivity contribution is -0.168. The summed E-state index contributed by atoms with van der Waals surface area (Å²) in [4.78, 5) is 88.5. The third-order valence-electron chi connectivity index (χ3n) is 9.26. The molecule has 2 aliphatic rings. The molecule has 1 aromatic carbocycles. The molecule has 1 saturated carbocycles. The van der Waals surface area contributed by atoms with E-state index in [1.54, 1.807) is 46.8 Å². The molecule has 44 heavy (non-hydrogen) atoms. The van der Waals surface area contributed by atoms with Gasteiger partial charge in [0.15, 0.2) is 17.2 Å². The van der Waals surface area contributed by atoms with Crippen LogP contribution in [0.3, 0.4) is 0 Å². The van der Waals surface area contributed by atoms with Crippen molar-refractivity contribution in [3.05, 3.63) is 29.3 Å². The summed E-state index contributed by atoms with van der Waals surface area (Å²) in [6, 6.07) is 2.00. The number of amides is 3. The van der Waals surface area contributed by atoms with Crippen molar-refractivity contribution in [2.24, 2.45) is 16.7 Å². The van der Waals surface area contributed by atoms with Gasteiger partial charge in [-0.15, -0.1) is 0 Å². The molecule has 13 nitrogen and oxygen atoms in total. The molecule has 4 atom stereocenters. The number of fused-ring (bicyclic) bond motifs is 2. The second-order valence-corrected chi connectivity index (χ2v) is 12.5. The van der Waals surface area contributed by atoms with Crippen molar-refractivity contribution in [3.63, 3.8) is 0 Å². The number of hydrogen-bond acceptors (Lipinski definition) is 9. The summed E-state index contributed by atoms with van der Waals surface area (Å²) >= 11 is 0. The Balaban J connectivity index is 1.69. The van der Waals surface area contributed by atoms with Crippen LogP contribution in [-0.4, -0.2) is 77.7 Å². The SMILES string of the molecule is COc1ccc(C(C)=O)cc1CC(=O)N[C@H](C(=O)N[C@@H](CC(=O)O)C(=O)CNC(=O)C12CCC(C)(C(=O)O1)C2(C)C)C(C)C. The Morgan fingerprint density at radius 2 is 1.70 bits per heavy atom. The van der Waals surface area contributed by atoms with Crippen LogP contribution in [0, 0.1) is 16.7 Å². The van der Waals surface area contributed by atoms with Gasteiger partial charge in [-0.2, -0.15) is 0 Å². The quantitative estimate of drug-likeness (QED) is 0.175. The largest absolute Gasteiger partial charge is 0.496 e. The number of carboxylic acid groups (broad SMARTS) is 1. The van der Waals surface area contributed by atoms with E-state index in [0.29, 0.717) is 23.3 Å². The number of carbonyl (C=O) groups excluding carboxylic acids is 6. The van der Waals surface area contributed by atoms with Gasteiger partial charge in [-0.3, -0.25) is 33.6 Å². The Morgan fingerprint density at radius 3 is 2.20 bits per heavy atom. The minimum Gasteiger partial charge on any atom is -0.496 e. The lowest BCUT2D eigenvalue weighted by Crippen LogP contribution is -2.57. The first-order chi connectivity index (χ1) is 20.4. The first kappa shape index (κ1) is 34.2. The molecule has 13 heteroatoms. The third kappa shape index (κ3) is 6.31. The summed E-state index contributed by atoms with van der Waals surface area (Å²) in [5, 5.41) is 16.9. The van der Waals surface area contributed by atoms with E-state index in [-0.39, 0.29) is 18.6 Å². The highest BCUT2D eigenvalue weighted by molar-refractivity contribution is 6.00. The highest BCUT2D eigenvalue weighted by Crippen LogP contribution is 2.65. The molecule has 3 rings (SSSR count). The number of ether oxygens (including phenoxy) is 2. The molecule has 0 spiro atoms. The first-order valence-electron chi connectivity index (χ1n) is 14.4. The Kier molecular flexibility index (Phi) is 9.91. The first-order valence-corrected chi connectivity index (χ1v) is 14.4. The fourth-order valence-corrected chi connectivity index (χ4v) is 5.93. The van der Waals surface area contributed by atoms with Crippen LogP contribution in [0.5, 0.6) is 5.75 Å². The monoisotopic (exact) mass is 615 g/mol. The molecule has 1 aliphatic heterocycles. The van der Waals surface area contributed by atoms with Crippen molar-refractivity contribution < 1.29 is 48.1 Å².